The molecule has 2 rings (SSSR count). The molecule has 0 bridgehead atoms. The summed E-state index contributed by atoms with van der Waals surface area (Å²) in [6.07, 6.45) is 0. The number of rotatable bonds is 5. The van der Waals surface area contributed by atoms with Gasteiger partial charge in [0.1, 0.15) is 0 Å². The third-order valence-corrected chi connectivity index (χ3v) is 4.33. The predicted octanol–water partition coefficient (Wildman–Crippen LogP) is 1.06. The first-order chi connectivity index (χ1) is 11.1. The summed E-state index contributed by atoms with van der Waals surface area (Å²) in [4.78, 5) is 4.18. The molecular weight excluding hydrogens is 373 g/mol. The zero-order chi connectivity index (χ0) is 16.8. The van der Waals surface area contributed by atoms with Gasteiger partial charge in [0.05, 0.1) is 0 Å². The average molecular weight is 387 g/mol. The third kappa shape index (κ3) is 3.86. The normalized spacial score (nSPS) is 9.96. The molecule has 23 heavy (non-hydrogen) atoms. The number of thiol groups is 1. The van der Waals surface area contributed by atoms with Gasteiger partial charge in [-0.05, 0) is 0 Å². The van der Waals surface area contributed by atoms with Crippen molar-refractivity contribution in [3.05, 3.63) is 35.4 Å². The van der Waals surface area contributed by atoms with E-state index in [0.717, 1.165) is 5.56 Å². The van der Waals surface area contributed by atoms with Crippen LogP contribution < -0.4 is 9.22 Å². The van der Waals surface area contributed by atoms with Crippen LogP contribution in [0.4, 0.5) is 0 Å². The molecule has 0 amide bonds. The Morgan fingerprint density at radius 1 is 1.13 bits per heavy atom. The van der Waals surface area contributed by atoms with E-state index >= 15 is 0 Å². The predicted molar refractivity (Wildman–Crippen MR) is 91.9 cm³/mol. The van der Waals surface area contributed by atoms with E-state index in [9.17, 15) is 10.5 Å². The van der Waals surface area contributed by atoms with Gasteiger partial charge < -0.3 is 0 Å². The Morgan fingerprint density at radius 3 is 2.35 bits per heavy atom. The van der Waals surface area contributed by atoms with Crippen LogP contribution in [0.3, 0.4) is 0 Å². The van der Waals surface area contributed by atoms with Crippen molar-refractivity contribution in [2.45, 2.75) is 5.03 Å². The maximum atomic E-state index is 9.42. The fraction of sp³-hybridized carbons (Fsp3) is 0.188. The molecule has 1 atom stereocenters. The molecule has 0 aliphatic carbocycles. The zero-order valence-electron chi connectivity index (χ0n) is 12.4. The fourth-order valence-electron chi connectivity index (χ4n) is 2.06. The van der Waals surface area contributed by atoms with Crippen molar-refractivity contribution in [3.8, 4) is 29.0 Å². The van der Waals surface area contributed by atoms with Crippen molar-refractivity contribution in [1.82, 2.24) is 4.98 Å². The van der Waals surface area contributed by atoms with Gasteiger partial charge >= 0.3 is 149 Å². The van der Waals surface area contributed by atoms with Crippen molar-refractivity contribution in [3.63, 3.8) is 0 Å². The topological polar surface area (TPSA) is 78.9 Å². The van der Waals surface area contributed by atoms with E-state index in [1.54, 1.807) is 19.2 Å². The number of aromatic nitrogens is 1. The van der Waals surface area contributed by atoms with Crippen LogP contribution in [0.5, 0.6) is 5.75 Å². The molecule has 0 N–H and O–H groups in total. The van der Waals surface area contributed by atoms with Gasteiger partial charge in [0.2, 0.25) is 0 Å². The molecular formula is C16H14AsN3O2S. The molecule has 2 aromatic rings. The summed E-state index contributed by atoms with van der Waals surface area (Å²) in [5.41, 5.74) is 2.04. The van der Waals surface area contributed by atoms with E-state index < -0.39 is 0 Å². The number of hydrogen-bond acceptors (Lipinski definition) is 6. The average Bonchev–Trinajstić information content (AvgIpc) is 2.55. The summed E-state index contributed by atoms with van der Waals surface area (Å²) >= 11 is 5.48. The molecule has 5 nitrogen and oxygen atoms in total. The maximum absolute atomic E-state index is 9.42. The van der Waals surface area contributed by atoms with Gasteiger partial charge in [-0.15, -0.1) is 0 Å². The summed E-state index contributed by atoms with van der Waals surface area (Å²) in [5, 5.41) is 19.1. The number of hydrogen-bond donors (Lipinski definition) is 1. The number of pyridine rings is 1. The molecule has 1 aromatic carbocycles. The van der Waals surface area contributed by atoms with Gasteiger partial charge in [-0.25, -0.2) is 0 Å². The van der Waals surface area contributed by atoms with Crippen LogP contribution in [0.1, 0.15) is 11.1 Å². The van der Waals surface area contributed by atoms with Crippen molar-refractivity contribution in [1.29, 1.82) is 10.5 Å². The molecule has 1 unspecified atom stereocenters. The molecule has 1 aromatic heterocycles. The minimum atomic E-state index is 0.305. The zero-order valence-corrected chi connectivity index (χ0v) is 15.7. The van der Waals surface area contributed by atoms with Crippen LogP contribution in [0, 0.1) is 22.7 Å². The van der Waals surface area contributed by atoms with Gasteiger partial charge in [0.15, 0.2) is 0 Å². The van der Waals surface area contributed by atoms with Crippen LogP contribution in [-0.4, -0.2) is 42.2 Å². The quantitative estimate of drug-likeness (QED) is 0.472. The second kappa shape index (κ2) is 8.04. The van der Waals surface area contributed by atoms with Gasteiger partial charge in [0.25, 0.3) is 0 Å². The minimum absolute atomic E-state index is 0.305. The standard InChI is InChI=1S/C16H14AsN3O2S/c1-21-6-7-22-11-4-2-10(3-5-11)14-12(8-18)15(17)20-16(23)13(14)9-19/h2-5H,6-7,17H2,1H3,(H,20,23). The Balaban J connectivity index is 2.46. The van der Waals surface area contributed by atoms with Crippen LogP contribution >= 0.6 is 12.6 Å². The van der Waals surface area contributed by atoms with Crippen LogP contribution in [0.25, 0.3) is 11.1 Å². The molecule has 0 radical (unpaired) electrons. The number of nitriles is 2. The summed E-state index contributed by atoms with van der Waals surface area (Å²) in [5.74, 6) is 0.698. The first kappa shape index (κ1) is 17.4. The second-order valence-electron chi connectivity index (χ2n) is 4.53. The molecule has 7 heteroatoms. The van der Waals surface area contributed by atoms with Crippen molar-refractivity contribution < 1.29 is 9.47 Å². The van der Waals surface area contributed by atoms with Crippen molar-refractivity contribution in [2.75, 3.05) is 20.3 Å². The van der Waals surface area contributed by atoms with Gasteiger partial charge in [-0.2, -0.15) is 0 Å². The van der Waals surface area contributed by atoms with Crippen molar-refractivity contribution in [2.24, 2.45) is 0 Å². The molecule has 0 aliphatic rings. The van der Waals surface area contributed by atoms with E-state index in [-0.39, 0.29) is 0 Å². The summed E-state index contributed by atoms with van der Waals surface area (Å²) < 4.78 is 11.1. The Kier molecular flexibility index (Phi) is 6.07. The van der Waals surface area contributed by atoms with Crippen LogP contribution in [0.2, 0.25) is 0 Å². The molecule has 116 valence electrons. The Morgan fingerprint density at radius 2 is 1.78 bits per heavy atom. The summed E-state index contributed by atoms with van der Waals surface area (Å²) in [7, 11) is 1.61. The molecule has 0 aliphatic heterocycles. The SMILES string of the molecule is COCCOc1ccc(-c2c(C#N)c(S)nc([AsH2])c2C#N)cc1. The van der Waals surface area contributed by atoms with E-state index in [0.29, 0.717) is 45.2 Å². The van der Waals surface area contributed by atoms with E-state index in [2.05, 4.69) is 29.8 Å². The van der Waals surface area contributed by atoms with E-state index in [1.807, 2.05) is 12.1 Å². The number of nitrogens with zero attached hydrogens (tertiary/aromatic N) is 3. The third-order valence-electron chi connectivity index (χ3n) is 3.13. The first-order valence-corrected chi connectivity index (χ1v) is 8.33. The monoisotopic (exact) mass is 387 g/mol. The summed E-state index contributed by atoms with van der Waals surface area (Å²) in [6.45, 7) is 0.966. The number of methoxy groups -OCH3 is 1. The second-order valence-corrected chi connectivity index (χ2v) is 6.11. The number of ether oxygens (including phenoxy) is 2. The molecule has 0 saturated carbocycles. The van der Waals surface area contributed by atoms with Gasteiger partial charge in [0, 0.05) is 0 Å². The van der Waals surface area contributed by atoms with Crippen molar-refractivity contribution >= 4 is 34.0 Å². The molecule has 1 heterocycles. The number of benzene rings is 1. The first-order valence-electron chi connectivity index (χ1n) is 6.67. The molecule has 0 saturated heterocycles. The fourth-order valence-corrected chi connectivity index (χ4v) is 3.27. The molecule has 0 spiro atoms. The Labute approximate surface area is 148 Å². The van der Waals surface area contributed by atoms with E-state index in [1.165, 1.54) is 16.9 Å². The Bertz CT molecular complexity index is 757. The van der Waals surface area contributed by atoms with Gasteiger partial charge in [-0.1, -0.05) is 0 Å². The van der Waals surface area contributed by atoms with E-state index in [4.69, 9.17) is 9.47 Å². The van der Waals surface area contributed by atoms with Crippen LogP contribution in [-0.2, 0) is 4.74 Å². The Hall–Kier alpha value is -1.98. The van der Waals surface area contributed by atoms with Crippen LogP contribution in [0.15, 0.2) is 29.3 Å². The van der Waals surface area contributed by atoms with Gasteiger partial charge in [-0.3, -0.25) is 0 Å². The molecule has 0 fully saturated rings. The summed E-state index contributed by atoms with van der Waals surface area (Å²) in [6, 6.07) is 11.5.